The van der Waals surface area contributed by atoms with Crippen LogP contribution in [0, 0.1) is 5.41 Å². The number of aromatic nitrogens is 2. The molecule has 6 nitrogen and oxygen atoms in total. The van der Waals surface area contributed by atoms with Gasteiger partial charge >= 0.3 is 0 Å². The van der Waals surface area contributed by atoms with E-state index in [9.17, 15) is 0 Å². The summed E-state index contributed by atoms with van der Waals surface area (Å²) in [5.74, 6) is 0.891. The Balaban J connectivity index is 1.59. The summed E-state index contributed by atoms with van der Waals surface area (Å²) in [6.07, 6.45) is 10.0. The van der Waals surface area contributed by atoms with E-state index >= 15 is 0 Å². The zero-order valence-electron chi connectivity index (χ0n) is 17.2. The molecule has 3 rings (SSSR count). The lowest BCUT2D eigenvalue weighted by molar-refractivity contribution is 0.138. The average Bonchev–Trinajstić information content (AvgIpc) is 3.42. The predicted octanol–water partition coefficient (Wildman–Crippen LogP) is 3.52. The highest BCUT2D eigenvalue weighted by molar-refractivity contribution is 5.79. The maximum absolute atomic E-state index is 5.35. The molecule has 28 heavy (non-hydrogen) atoms. The van der Waals surface area contributed by atoms with Gasteiger partial charge in [0.15, 0.2) is 5.96 Å². The van der Waals surface area contributed by atoms with Crippen LogP contribution in [0.4, 0.5) is 0 Å². The third-order valence-electron chi connectivity index (χ3n) is 5.60. The molecule has 1 aromatic heterocycles. The van der Waals surface area contributed by atoms with E-state index < -0.39 is 0 Å². The zero-order chi connectivity index (χ0) is 19.7. The van der Waals surface area contributed by atoms with E-state index in [-0.39, 0.29) is 0 Å². The zero-order valence-corrected chi connectivity index (χ0v) is 17.2. The Bertz CT molecular complexity index is 718. The normalized spacial score (nSPS) is 16.3. The van der Waals surface area contributed by atoms with Crippen LogP contribution in [-0.2, 0) is 11.3 Å². The molecule has 0 atom stereocenters. The lowest BCUT2D eigenvalue weighted by Gasteiger charge is -2.30. The minimum absolute atomic E-state index is 0.345. The largest absolute Gasteiger partial charge is 0.385 e. The molecule has 0 bridgehead atoms. The fourth-order valence-electron chi connectivity index (χ4n) is 3.92. The van der Waals surface area contributed by atoms with Gasteiger partial charge in [0, 0.05) is 39.2 Å². The molecule has 0 unspecified atom stereocenters. The molecule has 0 spiro atoms. The standard InChI is InChI=1S/C22H33N5O/c1-3-23-21(25-18-22(13-16-28-2)11-4-5-12-22)24-17-19-7-9-20(10-8-19)27-15-6-14-26-27/h6-10,14-15H,3-5,11-13,16-18H2,1-2H3,(H2,23,24,25). The van der Waals surface area contributed by atoms with Crippen molar-refractivity contribution in [3.05, 3.63) is 48.3 Å². The minimum atomic E-state index is 0.345. The fraction of sp³-hybridized carbons (Fsp3) is 0.545. The number of nitrogens with one attached hydrogen (secondary N) is 2. The summed E-state index contributed by atoms with van der Waals surface area (Å²) in [5, 5.41) is 11.2. The Morgan fingerprint density at radius 3 is 2.64 bits per heavy atom. The smallest absolute Gasteiger partial charge is 0.191 e. The summed E-state index contributed by atoms with van der Waals surface area (Å²) in [4.78, 5) is 4.79. The number of guanidine groups is 1. The number of aliphatic imine (C=N–C) groups is 1. The molecular formula is C22H33N5O. The van der Waals surface area contributed by atoms with Crippen LogP contribution < -0.4 is 10.6 Å². The van der Waals surface area contributed by atoms with Gasteiger partial charge in [-0.05, 0) is 55.4 Å². The van der Waals surface area contributed by atoms with Crippen molar-refractivity contribution < 1.29 is 4.74 Å². The molecule has 1 fully saturated rings. The molecular weight excluding hydrogens is 350 g/mol. The third kappa shape index (κ3) is 5.58. The molecule has 0 radical (unpaired) electrons. The van der Waals surface area contributed by atoms with Crippen molar-refractivity contribution in [3.63, 3.8) is 0 Å². The van der Waals surface area contributed by atoms with Crippen molar-refractivity contribution in [2.45, 2.75) is 45.6 Å². The van der Waals surface area contributed by atoms with Crippen molar-refractivity contribution in [2.75, 3.05) is 26.8 Å². The number of methoxy groups -OCH3 is 1. The molecule has 2 N–H and O–H groups in total. The van der Waals surface area contributed by atoms with Gasteiger partial charge in [-0.15, -0.1) is 0 Å². The molecule has 1 heterocycles. The number of rotatable bonds is 9. The molecule has 1 aliphatic carbocycles. The maximum atomic E-state index is 5.35. The van der Waals surface area contributed by atoms with E-state index in [1.165, 1.54) is 31.2 Å². The summed E-state index contributed by atoms with van der Waals surface area (Å²) in [7, 11) is 1.79. The molecule has 1 saturated carbocycles. The molecule has 0 amide bonds. The quantitative estimate of drug-likeness (QED) is 0.514. The highest BCUT2D eigenvalue weighted by Gasteiger charge is 2.33. The monoisotopic (exact) mass is 383 g/mol. The van der Waals surface area contributed by atoms with Crippen LogP contribution in [0.5, 0.6) is 0 Å². The number of hydrogen-bond donors (Lipinski definition) is 2. The SMILES string of the molecule is CCNC(=NCc1ccc(-n2cccn2)cc1)NCC1(CCOC)CCCC1. The summed E-state index contributed by atoms with van der Waals surface area (Å²) in [6.45, 7) is 5.40. The second-order valence-electron chi connectivity index (χ2n) is 7.62. The van der Waals surface area contributed by atoms with Crippen LogP contribution in [0.1, 0.15) is 44.6 Å². The van der Waals surface area contributed by atoms with Crippen molar-refractivity contribution >= 4 is 5.96 Å². The van der Waals surface area contributed by atoms with Crippen LogP contribution in [0.2, 0.25) is 0 Å². The topological polar surface area (TPSA) is 63.5 Å². The number of benzene rings is 1. The molecule has 152 valence electrons. The van der Waals surface area contributed by atoms with Gasteiger partial charge in [-0.25, -0.2) is 9.67 Å². The number of hydrogen-bond acceptors (Lipinski definition) is 3. The summed E-state index contributed by atoms with van der Waals surface area (Å²) in [5.41, 5.74) is 2.59. The third-order valence-corrected chi connectivity index (χ3v) is 5.60. The first-order chi connectivity index (χ1) is 13.7. The minimum Gasteiger partial charge on any atom is -0.385 e. The van der Waals surface area contributed by atoms with E-state index in [1.54, 1.807) is 13.3 Å². The van der Waals surface area contributed by atoms with Gasteiger partial charge in [-0.3, -0.25) is 0 Å². The number of nitrogens with zero attached hydrogens (tertiary/aromatic N) is 3. The Morgan fingerprint density at radius 1 is 1.21 bits per heavy atom. The molecule has 2 aromatic rings. The average molecular weight is 384 g/mol. The van der Waals surface area contributed by atoms with Gasteiger partial charge in [-0.2, -0.15) is 5.10 Å². The van der Waals surface area contributed by atoms with Gasteiger partial charge in [0.1, 0.15) is 0 Å². The van der Waals surface area contributed by atoms with Crippen molar-refractivity contribution in [1.29, 1.82) is 0 Å². The molecule has 6 heteroatoms. The number of ether oxygens (including phenoxy) is 1. The molecule has 1 aromatic carbocycles. The first-order valence-electron chi connectivity index (χ1n) is 10.3. The predicted molar refractivity (Wildman–Crippen MR) is 114 cm³/mol. The Kier molecular flexibility index (Phi) is 7.48. The first-order valence-corrected chi connectivity index (χ1v) is 10.3. The van der Waals surface area contributed by atoms with E-state index in [2.05, 4.69) is 46.9 Å². The highest BCUT2D eigenvalue weighted by Crippen LogP contribution is 2.40. The summed E-state index contributed by atoms with van der Waals surface area (Å²) >= 11 is 0. The second-order valence-corrected chi connectivity index (χ2v) is 7.62. The second kappa shape index (κ2) is 10.3. The Hall–Kier alpha value is -2.34. The van der Waals surface area contributed by atoms with Gasteiger partial charge in [0.05, 0.1) is 12.2 Å². The molecule has 1 aliphatic rings. The van der Waals surface area contributed by atoms with Crippen LogP contribution in [0.3, 0.4) is 0 Å². The maximum Gasteiger partial charge on any atom is 0.191 e. The van der Waals surface area contributed by atoms with Crippen molar-refractivity contribution in [1.82, 2.24) is 20.4 Å². The summed E-state index contributed by atoms with van der Waals surface area (Å²) < 4.78 is 7.21. The van der Waals surface area contributed by atoms with Crippen LogP contribution in [0.25, 0.3) is 5.69 Å². The molecule has 0 aliphatic heterocycles. The fourth-order valence-corrected chi connectivity index (χ4v) is 3.92. The van der Waals surface area contributed by atoms with Crippen LogP contribution >= 0.6 is 0 Å². The van der Waals surface area contributed by atoms with Gasteiger partial charge in [0.25, 0.3) is 0 Å². The van der Waals surface area contributed by atoms with Crippen LogP contribution in [-0.4, -0.2) is 42.5 Å². The Labute approximate surface area is 168 Å². The Morgan fingerprint density at radius 2 is 2.00 bits per heavy atom. The lowest BCUT2D eigenvalue weighted by Crippen LogP contribution is -2.43. The van der Waals surface area contributed by atoms with E-state index in [1.807, 2.05) is 16.9 Å². The first kappa shape index (κ1) is 20.4. The van der Waals surface area contributed by atoms with E-state index in [4.69, 9.17) is 9.73 Å². The van der Waals surface area contributed by atoms with Gasteiger partial charge < -0.3 is 15.4 Å². The van der Waals surface area contributed by atoms with Crippen LogP contribution in [0.15, 0.2) is 47.7 Å². The van der Waals surface area contributed by atoms with Gasteiger partial charge in [0.2, 0.25) is 0 Å². The van der Waals surface area contributed by atoms with Crippen molar-refractivity contribution in [2.24, 2.45) is 10.4 Å². The summed E-state index contributed by atoms with van der Waals surface area (Å²) in [6, 6.07) is 10.3. The van der Waals surface area contributed by atoms with E-state index in [0.29, 0.717) is 12.0 Å². The lowest BCUT2D eigenvalue weighted by atomic mass is 9.83. The van der Waals surface area contributed by atoms with Crippen molar-refractivity contribution in [3.8, 4) is 5.69 Å². The molecule has 0 saturated heterocycles. The highest BCUT2D eigenvalue weighted by atomic mass is 16.5. The van der Waals surface area contributed by atoms with E-state index in [0.717, 1.165) is 37.8 Å². The van der Waals surface area contributed by atoms with Gasteiger partial charge in [-0.1, -0.05) is 25.0 Å².